The topological polar surface area (TPSA) is 111 Å². The molecule has 0 aromatic heterocycles. The van der Waals surface area contributed by atoms with Gasteiger partial charge in [0.1, 0.15) is 5.75 Å². The maximum absolute atomic E-state index is 12.3. The fourth-order valence-electron chi connectivity index (χ4n) is 2.37. The molecule has 0 aliphatic rings. The first-order chi connectivity index (χ1) is 13.6. The number of primary amides is 1. The third kappa shape index (κ3) is 7.53. The Kier molecular flexibility index (Phi) is 7.18. The smallest absolute Gasteiger partial charge is 0.406 e. The maximum Gasteiger partial charge on any atom is 0.573 e. The van der Waals surface area contributed by atoms with Crippen LogP contribution in [0.1, 0.15) is 22.3 Å². The summed E-state index contributed by atoms with van der Waals surface area (Å²) in [4.78, 5) is 35.2. The van der Waals surface area contributed by atoms with Gasteiger partial charge in [0, 0.05) is 13.0 Å². The van der Waals surface area contributed by atoms with E-state index in [0.29, 0.717) is 5.56 Å². The molecule has 0 fully saturated rings. The molecule has 0 bridgehead atoms. The quantitative estimate of drug-likeness (QED) is 0.622. The molecule has 0 spiro atoms. The molecule has 0 radical (unpaired) electrons. The van der Waals surface area contributed by atoms with Gasteiger partial charge in [0.25, 0.3) is 5.91 Å². The Balaban J connectivity index is 1.98. The van der Waals surface area contributed by atoms with Crippen molar-refractivity contribution in [2.75, 3.05) is 11.9 Å². The highest BCUT2D eigenvalue weighted by Gasteiger charge is 2.30. The summed E-state index contributed by atoms with van der Waals surface area (Å²) in [6, 6.07) is 11.1. The zero-order valence-electron chi connectivity index (χ0n) is 15.1. The summed E-state index contributed by atoms with van der Waals surface area (Å²) in [6.07, 6.45) is -4.93. The number of alkyl halides is 3. The second-order valence-electron chi connectivity index (χ2n) is 5.93. The summed E-state index contributed by atoms with van der Waals surface area (Å²) in [5.41, 5.74) is 5.92. The van der Waals surface area contributed by atoms with Crippen LogP contribution in [0.25, 0.3) is 0 Å². The van der Waals surface area contributed by atoms with Gasteiger partial charge in [0.2, 0.25) is 11.8 Å². The number of benzene rings is 2. The molecule has 0 saturated carbocycles. The number of amides is 3. The Morgan fingerprint density at radius 3 is 2.28 bits per heavy atom. The molecule has 154 valence electrons. The lowest BCUT2D eigenvalue weighted by Gasteiger charge is -2.12. The molecule has 2 rings (SSSR count). The molecule has 10 heteroatoms. The molecule has 4 N–H and O–H groups in total. The van der Waals surface area contributed by atoms with Gasteiger partial charge in [-0.15, -0.1) is 13.2 Å². The van der Waals surface area contributed by atoms with Crippen LogP contribution < -0.4 is 21.1 Å². The van der Waals surface area contributed by atoms with Crippen molar-refractivity contribution in [3.8, 4) is 5.75 Å². The number of nitrogens with one attached hydrogen (secondary N) is 2. The maximum atomic E-state index is 12.3. The molecule has 0 saturated heterocycles. The van der Waals surface area contributed by atoms with E-state index in [1.807, 2.05) is 0 Å². The lowest BCUT2D eigenvalue weighted by atomic mass is 10.1. The van der Waals surface area contributed by atoms with Crippen LogP contribution in [0.2, 0.25) is 0 Å². The number of carbonyl (C=O) groups excluding carboxylic acids is 3. The van der Waals surface area contributed by atoms with E-state index in [9.17, 15) is 27.6 Å². The number of carbonyl (C=O) groups is 3. The van der Waals surface area contributed by atoms with Crippen molar-refractivity contribution in [3.63, 3.8) is 0 Å². The second-order valence-corrected chi connectivity index (χ2v) is 5.93. The Hall–Kier alpha value is -3.56. The highest BCUT2D eigenvalue weighted by molar-refractivity contribution is 6.04. The van der Waals surface area contributed by atoms with Crippen LogP contribution in [0.5, 0.6) is 5.75 Å². The van der Waals surface area contributed by atoms with Gasteiger partial charge in [-0.05, 0) is 29.8 Å². The summed E-state index contributed by atoms with van der Waals surface area (Å²) < 4.78 is 40.3. The van der Waals surface area contributed by atoms with E-state index in [-0.39, 0.29) is 36.4 Å². The monoisotopic (exact) mass is 409 g/mol. The first-order valence-electron chi connectivity index (χ1n) is 8.44. The number of nitrogens with two attached hydrogens (primary N) is 1. The van der Waals surface area contributed by atoms with Crippen molar-refractivity contribution in [1.82, 2.24) is 5.32 Å². The van der Waals surface area contributed by atoms with Crippen LogP contribution in [0, 0.1) is 0 Å². The normalized spacial score (nSPS) is 10.9. The molecule has 2 aromatic rings. The van der Waals surface area contributed by atoms with Crippen LogP contribution in [0.4, 0.5) is 18.9 Å². The molecule has 0 heterocycles. The number of rotatable bonds is 8. The Morgan fingerprint density at radius 1 is 1.00 bits per heavy atom. The van der Waals surface area contributed by atoms with Crippen molar-refractivity contribution < 1.29 is 32.3 Å². The molecule has 0 unspecified atom stereocenters. The Morgan fingerprint density at radius 2 is 1.66 bits per heavy atom. The van der Waals surface area contributed by atoms with Gasteiger partial charge in [-0.3, -0.25) is 14.4 Å². The molecule has 0 atom stereocenters. The van der Waals surface area contributed by atoms with Crippen molar-refractivity contribution in [2.45, 2.75) is 19.2 Å². The first-order valence-corrected chi connectivity index (χ1v) is 8.44. The zero-order valence-corrected chi connectivity index (χ0v) is 15.1. The fraction of sp³-hybridized carbons (Fsp3) is 0.211. The molecule has 2 aromatic carbocycles. The average molecular weight is 409 g/mol. The highest BCUT2D eigenvalue weighted by atomic mass is 19.4. The number of anilines is 1. The van der Waals surface area contributed by atoms with E-state index >= 15 is 0 Å². The van der Waals surface area contributed by atoms with Crippen LogP contribution in [0.15, 0.2) is 48.5 Å². The highest BCUT2D eigenvalue weighted by Crippen LogP contribution is 2.23. The summed E-state index contributed by atoms with van der Waals surface area (Å²) in [6.45, 7) is 0.0583. The van der Waals surface area contributed by atoms with E-state index in [1.54, 1.807) is 12.1 Å². The molecule has 3 amide bonds. The standard InChI is InChI=1S/C19H18F3N3O4/c20-19(21,22)29-13-7-5-12(6-8-13)11-17(27)25-15-4-2-1-3-14(15)18(28)24-10-9-16(23)26/h1-8H,9-11H2,(H2,23,26)(H,24,28)(H,25,27). The molecule has 29 heavy (non-hydrogen) atoms. The van der Waals surface area contributed by atoms with Gasteiger partial charge < -0.3 is 21.1 Å². The van der Waals surface area contributed by atoms with Gasteiger partial charge in [0.05, 0.1) is 17.7 Å². The molecule has 0 aliphatic heterocycles. The van der Waals surface area contributed by atoms with Gasteiger partial charge >= 0.3 is 6.36 Å². The van der Waals surface area contributed by atoms with Crippen molar-refractivity contribution in [1.29, 1.82) is 0 Å². The lowest BCUT2D eigenvalue weighted by molar-refractivity contribution is -0.274. The number of halogens is 3. The van der Waals surface area contributed by atoms with Gasteiger partial charge in [-0.25, -0.2) is 0 Å². The number of hydrogen-bond donors (Lipinski definition) is 3. The summed E-state index contributed by atoms with van der Waals surface area (Å²) >= 11 is 0. The predicted octanol–water partition coefficient (Wildman–Crippen LogP) is 2.37. The van der Waals surface area contributed by atoms with Crippen molar-refractivity contribution >= 4 is 23.4 Å². The average Bonchev–Trinajstić information content (AvgIpc) is 2.62. The van der Waals surface area contributed by atoms with Gasteiger partial charge in [-0.2, -0.15) is 0 Å². The minimum Gasteiger partial charge on any atom is -0.406 e. The van der Waals surface area contributed by atoms with Crippen LogP contribution in [0.3, 0.4) is 0 Å². The number of hydrogen-bond acceptors (Lipinski definition) is 4. The van der Waals surface area contributed by atoms with Gasteiger partial charge in [0.15, 0.2) is 0 Å². The second kappa shape index (κ2) is 9.58. The molecular formula is C19H18F3N3O4. The third-order valence-corrected chi connectivity index (χ3v) is 3.62. The minimum atomic E-state index is -4.79. The molecule has 7 nitrogen and oxygen atoms in total. The van der Waals surface area contributed by atoms with E-state index in [2.05, 4.69) is 15.4 Å². The zero-order chi connectivity index (χ0) is 21.4. The molecular weight excluding hydrogens is 391 g/mol. The van der Waals surface area contributed by atoms with E-state index in [1.165, 1.54) is 24.3 Å². The molecule has 0 aliphatic carbocycles. The van der Waals surface area contributed by atoms with Crippen molar-refractivity contribution in [3.05, 3.63) is 59.7 Å². The third-order valence-electron chi connectivity index (χ3n) is 3.62. The number of ether oxygens (including phenoxy) is 1. The predicted molar refractivity (Wildman–Crippen MR) is 98.0 cm³/mol. The van der Waals surface area contributed by atoms with Crippen LogP contribution >= 0.6 is 0 Å². The number of para-hydroxylation sites is 1. The van der Waals surface area contributed by atoms with Crippen LogP contribution in [-0.2, 0) is 16.0 Å². The summed E-state index contributed by atoms with van der Waals surface area (Å²) in [7, 11) is 0. The SMILES string of the molecule is NC(=O)CCNC(=O)c1ccccc1NC(=O)Cc1ccc(OC(F)(F)F)cc1. The van der Waals surface area contributed by atoms with Crippen LogP contribution in [-0.4, -0.2) is 30.6 Å². The van der Waals surface area contributed by atoms with Gasteiger partial charge in [-0.1, -0.05) is 24.3 Å². The Bertz CT molecular complexity index is 883. The summed E-state index contributed by atoms with van der Waals surface area (Å²) in [5.74, 6) is -1.90. The fourth-order valence-corrected chi connectivity index (χ4v) is 2.37. The van der Waals surface area contributed by atoms with Crippen molar-refractivity contribution in [2.24, 2.45) is 5.73 Å². The lowest BCUT2D eigenvalue weighted by Crippen LogP contribution is -2.29. The van der Waals surface area contributed by atoms with E-state index < -0.39 is 24.1 Å². The first kappa shape index (κ1) is 21.7. The summed E-state index contributed by atoms with van der Waals surface area (Å²) in [5, 5.41) is 5.11. The van der Waals surface area contributed by atoms with E-state index in [4.69, 9.17) is 5.73 Å². The van der Waals surface area contributed by atoms with E-state index in [0.717, 1.165) is 12.1 Å². The minimum absolute atomic E-state index is 0.0195. The largest absolute Gasteiger partial charge is 0.573 e. The Labute approximate surface area is 164 Å².